The van der Waals surface area contributed by atoms with Crippen molar-refractivity contribution in [1.29, 1.82) is 0 Å². The standard InChI is InChI=1S/C12H17NO5/c1-12(6-14,7-15)13-11(17)8-4-3-5-9(18-2)10(8)16/h3-5,14-16H,6-7H2,1-2H3,(H,13,17). The Balaban J connectivity index is 2.98. The van der Waals surface area contributed by atoms with Gasteiger partial charge in [0.2, 0.25) is 0 Å². The van der Waals surface area contributed by atoms with Gasteiger partial charge in [-0.2, -0.15) is 0 Å². The lowest BCUT2D eigenvalue weighted by Crippen LogP contribution is -2.51. The largest absolute Gasteiger partial charge is 0.504 e. The number of phenols is 1. The number of phenolic OH excluding ortho intramolecular Hbond substituents is 1. The quantitative estimate of drug-likeness (QED) is 0.587. The second kappa shape index (κ2) is 5.70. The Kier molecular flexibility index (Phi) is 4.52. The third-order valence-electron chi connectivity index (χ3n) is 2.58. The fourth-order valence-corrected chi connectivity index (χ4v) is 1.34. The van der Waals surface area contributed by atoms with Crippen LogP contribution >= 0.6 is 0 Å². The lowest BCUT2D eigenvalue weighted by atomic mass is 10.0. The molecule has 6 heteroatoms. The van der Waals surface area contributed by atoms with Crippen LogP contribution in [0.4, 0.5) is 0 Å². The van der Waals surface area contributed by atoms with E-state index >= 15 is 0 Å². The number of hydrogen-bond acceptors (Lipinski definition) is 5. The van der Waals surface area contributed by atoms with Gasteiger partial charge < -0.3 is 25.4 Å². The maximum atomic E-state index is 11.9. The molecular weight excluding hydrogens is 238 g/mol. The number of carbonyl (C=O) groups is 1. The molecule has 0 fully saturated rings. The van der Waals surface area contributed by atoms with Crippen molar-refractivity contribution < 1.29 is 24.9 Å². The van der Waals surface area contributed by atoms with E-state index in [9.17, 15) is 9.90 Å². The molecule has 0 heterocycles. The first kappa shape index (κ1) is 14.3. The number of carbonyl (C=O) groups excluding carboxylic acids is 1. The van der Waals surface area contributed by atoms with Crippen molar-refractivity contribution >= 4 is 5.91 Å². The molecule has 18 heavy (non-hydrogen) atoms. The topological polar surface area (TPSA) is 99.0 Å². The monoisotopic (exact) mass is 255 g/mol. The number of nitrogens with one attached hydrogen (secondary N) is 1. The SMILES string of the molecule is COc1cccc(C(=O)NC(C)(CO)CO)c1O. The zero-order chi connectivity index (χ0) is 13.8. The van der Waals surface area contributed by atoms with Gasteiger partial charge in [0, 0.05) is 0 Å². The molecule has 0 bridgehead atoms. The highest BCUT2D eigenvalue weighted by molar-refractivity contribution is 5.98. The lowest BCUT2D eigenvalue weighted by molar-refractivity contribution is 0.0721. The molecular formula is C12H17NO5. The first-order valence-corrected chi connectivity index (χ1v) is 5.37. The van der Waals surface area contributed by atoms with E-state index in [0.29, 0.717) is 0 Å². The fourth-order valence-electron chi connectivity index (χ4n) is 1.34. The molecule has 0 spiro atoms. The van der Waals surface area contributed by atoms with E-state index in [1.807, 2.05) is 0 Å². The molecule has 0 aliphatic heterocycles. The van der Waals surface area contributed by atoms with Crippen LogP contribution in [0.3, 0.4) is 0 Å². The van der Waals surface area contributed by atoms with Gasteiger partial charge in [-0.1, -0.05) is 6.07 Å². The van der Waals surface area contributed by atoms with E-state index in [2.05, 4.69) is 5.32 Å². The van der Waals surface area contributed by atoms with Crippen LogP contribution in [0.25, 0.3) is 0 Å². The van der Waals surface area contributed by atoms with E-state index in [1.165, 1.54) is 26.2 Å². The Bertz CT molecular complexity index is 428. The Morgan fingerprint density at radius 1 is 1.39 bits per heavy atom. The number of rotatable bonds is 5. The Hall–Kier alpha value is -1.79. The van der Waals surface area contributed by atoms with E-state index < -0.39 is 24.7 Å². The van der Waals surface area contributed by atoms with Crippen LogP contribution in [0.1, 0.15) is 17.3 Å². The van der Waals surface area contributed by atoms with Crippen LogP contribution in [-0.2, 0) is 0 Å². The predicted molar refractivity (Wildman–Crippen MR) is 64.7 cm³/mol. The van der Waals surface area contributed by atoms with Gasteiger partial charge >= 0.3 is 0 Å². The third-order valence-corrected chi connectivity index (χ3v) is 2.58. The van der Waals surface area contributed by atoms with E-state index in [1.54, 1.807) is 6.07 Å². The molecule has 0 saturated heterocycles. The maximum Gasteiger partial charge on any atom is 0.255 e. The van der Waals surface area contributed by atoms with Crippen molar-refractivity contribution in [2.75, 3.05) is 20.3 Å². The summed E-state index contributed by atoms with van der Waals surface area (Å²) in [6, 6.07) is 4.49. The maximum absolute atomic E-state index is 11.9. The summed E-state index contributed by atoms with van der Waals surface area (Å²) in [5.41, 5.74) is -1.13. The number of amides is 1. The first-order valence-electron chi connectivity index (χ1n) is 5.37. The number of aliphatic hydroxyl groups is 2. The smallest absolute Gasteiger partial charge is 0.255 e. The number of benzene rings is 1. The number of aromatic hydroxyl groups is 1. The van der Waals surface area contributed by atoms with Gasteiger partial charge in [-0.15, -0.1) is 0 Å². The van der Waals surface area contributed by atoms with Crippen LogP contribution in [0.2, 0.25) is 0 Å². The Labute approximate surface area is 105 Å². The van der Waals surface area contributed by atoms with Crippen LogP contribution in [-0.4, -0.2) is 47.1 Å². The summed E-state index contributed by atoms with van der Waals surface area (Å²) in [4.78, 5) is 11.9. The molecule has 0 unspecified atom stereocenters. The molecule has 1 rings (SSSR count). The van der Waals surface area contributed by atoms with E-state index in [4.69, 9.17) is 14.9 Å². The highest BCUT2D eigenvalue weighted by atomic mass is 16.5. The average molecular weight is 255 g/mol. The highest BCUT2D eigenvalue weighted by Crippen LogP contribution is 2.29. The van der Waals surface area contributed by atoms with Crippen LogP contribution in [0, 0.1) is 0 Å². The summed E-state index contributed by atoms with van der Waals surface area (Å²) < 4.78 is 4.89. The van der Waals surface area contributed by atoms with Crippen molar-refractivity contribution in [1.82, 2.24) is 5.32 Å². The average Bonchev–Trinajstić information content (AvgIpc) is 2.38. The van der Waals surface area contributed by atoms with Gasteiger partial charge in [0.05, 0.1) is 31.4 Å². The second-order valence-electron chi connectivity index (χ2n) is 4.19. The van der Waals surface area contributed by atoms with Gasteiger partial charge in [0.15, 0.2) is 11.5 Å². The number of ether oxygens (including phenoxy) is 1. The third kappa shape index (κ3) is 2.91. The molecule has 1 aromatic rings. The van der Waals surface area contributed by atoms with Crippen LogP contribution in [0.15, 0.2) is 18.2 Å². The zero-order valence-corrected chi connectivity index (χ0v) is 10.3. The van der Waals surface area contributed by atoms with Crippen molar-refractivity contribution in [2.24, 2.45) is 0 Å². The predicted octanol–water partition coefficient (Wildman–Crippen LogP) is -0.126. The van der Waals surface area contributed by atoms with Crippen LogP contribution in [0.5, 0.6) is 11.5 Å². The molecule has 0 atom stereocenters. The fraction of sp³-hybridized carbons (Fsp3) is 0.417. The van der Waals surface area contributed by atoms with Crippen molar-refractivity contribution in [3.05, 3.63) is 23.8 Å². The number of methoxy groups -OCH3 is 1. The minimum absolute atomic E-state index is 0.0162. The van der Waals surface area contributed by atoms with E-state index in [0.717, 1.165) is 0 Å². The highest BCUT2D eigenvalue weighted by Gasteiger charge is 2.26. The molecule has 0 aromatic heterocycles. The molecule has 4 N–H and O–H groups in total. The molecule has 0 radical (unpaired) electrons. The van der Waals surface area contributed by atoms with Crippen molar-refractivity contribution in [3.8, 4) is 11.5 Å². The summed E-state index contributed by atoms with van der Waals surface area (Å²) in [7, 11) is 1.38. The summed E-state index contributed by atoms with van der Waals surface area (Å²) in [6.07, 6.45) is 0. The number of para-hydroxylation sites is 1. The molecule has 100 valence electrons. The number of aliphatic hydroxyl groups excluding tert-OH is 2. The Morgan fingerprint density at radius 3 is 2.50 bits per heavy atom. The number of hydrogen-bond donors (Lipinski definition) is 4. The minimum atomic E-state index is -1.15. The van der Waals surface area contributed by atoms with Gasteiger partial charge in [-0.05, 0) is 19.1 Å². The summed E-state index contributed by atoms with van der Waals surface area (Å²) >= 11 is 0. The molecule has 6 nitrogen and oxygen atoms in total. The van der Waals surface area contributed by atoms with Gasteiger partial charge in [-0.3, -0.25) is 4.79 Å². The van der Waals surface area contributed by atoms with Crippen molar-refractivity contribution in [2.45, 2.75) is 12.5 Å². The Morgan fingerprint density at radius 2 is 2.00 bits per heavy atom. The van der Waals surface area contributed by atoms with Gasteiger partial charge in [0.25, 0.3) is 5.91 Å². The summed E-state index contributed by atoms with van der Waals surface area (Å²) in [6.45, 7) is 0.655. The first-order chi connectivity index (χ1) is 8.47. The minimum Gasteiger partial charge on any atom is -0.504 e. The van der Waals surface area contributed by atoms with E-state index in [-0.39, 0.29) is 17.1 Å². The lowest BCUT2D eigenvalue weighted by Gasteiger charge is -2.26. The second-order valence-corrected chi connectivity index (χ2v) is 4.19. The molecule has 1 amide bonds. The van der Waals surface area contributed by atoms with Gasteiger partial charge in [0.1, 0.15) is 0 Å². The van der Waals surface area contributed by atoms with Crippen LogP contribution < -0.4 is 10.1 Å². The molecule has 1 aromatic carbocycles. The normalized spacial score (nSPS) is 11.1. The summed E-state index contributed by atoms with van der Waals surface area (Å²) in [5.74, 6) is -0.704. The molecule has 0 aliphatic carbocycles. The van der Waals surface area contributed by atoms with Crippen molar-refractivity contribution in [3.63, 3.8) is 0 Å². The summed E-state index contributed by atoms with van der Waals surface area (Å²) in [5, 5.41) is 30.4. The molecule has 0 aliphatic rings. The zero-order valence-electron chi connectivity index (χ0n) is 10.3. The van der Waals surface area contributed by atoms with Gasteiger partial charge in [-0.25, -0.2) is 0 Å². The molecule has 0 saturated carbocycles.